The molecule has 3 rings (SSSR count). The average Bonchev–Trinajstić information content (AvgIpc) is 2.88. The number of benzene rings is 2. The maximum atomic E-state index is 12.9. The second-order valence-electron chi connectivity index (χ2n) is 7.74. The third-order valence-corrected chi connectivity index (χ3v) is 5.34. The van der Waals surface area contributed by atoms with Gasteiger partial charge in [0.25, 0.3) is 5.91 Å². The molecule has 6 nitrogen and oxygen atoms in total. The van der Waals surface area contributed by atoms with Crippen molar-refractivity contribution < 1.29 is 14.4 Å². The van der Waals surface area contributed by atoms with Crippen molar-refractivity contribution >= 4 is 23.5 Å². The Kier molecular flexibility index (Phi) is 5.73. The Morgan fingerprint density at radius 2 is 1.66 bits per heavy atom. The molecule has 29 heavy (non-hydrogen) atoms. The van der Waals surface area contributed by atoms with Crippen molar-refractivity contribution in [3.63, 3.8) is 0 Å². The molecule has 1 aliphatic heterocycles. The summed E-state index contributed by atoms with van der Waals surface area (Å²) in [5.41, 5.74) is 4.92. The molecule has 1 saturated heterocycles. The van der Waals surface area contributed by atoms with Gasteiger partial charge in [-0.1, -0.05) is 41.5 Å². The van der Waals surface area contributed by atoms with E-state index in [4.69, 9.17) is 0 Å². The highest BCUT2D eigenvalue weighted by Gasteiger charge is 2.44. The van der Waals surface area contributed by atoms with Gasteiger partial charge in [-0.3, -0.25) is 19.4 Å². The van der Waals surface area contributed by atoms with Crippen LogP contribution in [0.15, 0.2) is 42.5 Å². The van der Waals surface area contributed by atoms with Crippen LogP contribution < -0.4 is 10.2 Å². The fourth-order valence-electron chi connectivity index (χ4n) is 3.65. The van der Waals surface area contributed by atoms with Gasteiger partial charge in [-0.05, 0) is 57.9 Å². The molecule has 0 aromatic heterocycles. The largest absolute Gasteiger partial charge is 0.348 e. The number of carbonyl (C=O) groups excluding carboxylic acids is 3. The Morgan fingerprint density at radius 1 is 1.03 bits per heavy atom. The summed E-state index contributed by atoms with van der Waals surface area (Å²) in [6.07, 6.45) is 0. The van der Waals surface area contributed by atoms with Gasteiger partial charge >= 0.3 is 6.03 Å². The van der Waals surface area contributed by atoms with Crippen LogP contribution in [0.3, 0.4) is 0 Å². The van der Waals surface area contributed by atoms with Gasteiger partial charge in [-0.25, -0.2) is 4.79 Å². The molecule has 1 fully saturated rings. The average molecular weight is 393 g/mol. The standard InChI is InChI=1S/C23H27N3O3/c1-14-7-10-19(11-8-14)26-18(5)22(28)25(23(26)29)13-21(27)24-17(4)20-12-15(2)6-9-16(20)3/h6-12,17-18H,13H2,1-5H3,(H,24,27)/t17-,18-/m0/s1. The van der Waals surface area contributed by atoms with E-state index in [1.807, 2.05) is 70.2 Å². The van der Waals surface area contributed by atoms with Crippen molar-refractivity contribution in [2.24, 2.45) is 0 Å². The van der Waals surface area contributed by atoms with E-state index in [1.165, 1.54) is 4.90 Å². The van der Waals surface area contributed by atoms with Crippen LogP contribution in [0.25, 0.3) is 0 Å². The van der Waals surface area contributed by atoms with Crippen LogP contribution in [0.1, 0.15) is 42.1 Å². The summed E-state index contributed by atoms with van der Waals surface area (Å²) in [5.74, 6) is -0.733. The molecular weight excluding hydrogens is 366 g/mol. The number of nitrogens with zero attached hydrogens (tertiary/aromatic N) is 2. The Bertz CT molecular complexity index is 952. The molecule has 0 radical (unpaired) electrons. The topological polar surface area (TPSA) is 69.7 Å². The highest BCUT2D eigenvalue weighted by Crippen LogP contribution is 2.26. The number of hydrogen-bond donors (Lipinski definition) is 1. The zero-order chi connectivity index (χ0) is 21.3. The zero-order valence-electron chi connectivity index (χ0n) is 17.5. The van der Waals surface area contributed by atoms with Crippen molar-refractivity contribution in [1.82, 2.24) is 10.2 Å². The van der Waals surface area contributed by atoms with Crippen LogP contribution in [0.2, 0.25) is 0 Å². The fraction of sp³-hybridized carbons (Fsp3) is 0.348. The summed E-state index contributed by atoms with van der Waals surface area (Å²) >= 11 is 0. The molecule has 1 N–H and O–H groups in total. The summed E-state index contributed by atoms with van der Waals surface area (Å²) in [6, 6.07) is 12.1. The molecule has 6 heteroatoms. The van der Waals surface area contributed by atoms with Gasteiger partial charge in [0, 0.05) is 5.69 Å². The van der Waals surface area contributed by atoms with Crippen LogP contribution in [-0.2, 0) is 9.59 Å². The molecule has 2 atom stereocenters. The minimum absolute atomic E-state index is 0.221. The lowest BCUT2D eigenvalue weighted by atomic mass is 10.00. The van der Waals surface area contributed by atoms with Gasteiger partial charge < -0.3 is 5.32 Å². The molecule has 0 saturated carbocycles. The van der Waals surface area contributed by atoms with Crippen LogP contribution in [0.4, 0.5) is 10.5 Å². The molecule has 2 aromatic carbocycles. The van der Waals surface area contributed by atoms with Crippen molar-refractivity contribution in [2.75, 3.05) is 11.4 Å². The molecule has 0 unspecified atom stereocenters. The van der Waals surface area contributed by atoms with E-state index in [-0.39, 0.29) is 24.4 Å². The number of anilines is 1. The molecule has 152 valence electrons. The van der Waals surface area contributed by atoms with Crippen LogP contribution in [-0.4, -0.2) is 35.3 Å². The van der Waals surface area contributed by atoms with E-state index in [9.17, 15) is 14.4 Å². The normalized spacial score (nSPS) is 17.6. The Balaban J connectivity index is 1.71. The predicted octanol–water partition coefficient (Wildman–Crippen LogP) is 3.65. The lowest BCUT2D eigenvalue weighted by Gasteiger charge is -2.20. The maximum Gasteiger partial charge on any atom is 0.332 e. The van der Waals surface area contributed by atoms with Gasteiger partial charge in [-0.15, -0.1) is 0 Å². The van der Waals surface area contributed by atoms with E-state index in [2.05, 4.69) is 5.32 Å². The van der Waals surface area contributed by atoms with Gasteiger partial charge in [0.1, 0.15) is 12.6 Å². The number of imide groups is 1. The molecule has 2 aromatic rings. The number of carbonyl (C=O) groups is 3. The summed E-state index contributed by atoms with van der Waals surface area (Å²) in [7, 11) is 0. The van der Waals surface area contributed by atoms with Crippen LogP contribution >= 0.6 is 0 Å². The van der Waals surface area contributed by atoms with Gasteiger partial charge in [0.05, 0.1) is 6.04 Å². The van der Waals surface area contributed by atoms with Gasteiger partial charge in [0.2, 0.25) is 5.91 Å². The second-order valence-corrected chi connectivity index (χ2v) is 7.74. The van der Waals surface area contributed by atoms with E-state index < -0.39 is 12.1 Å². The lowest BCUT2D eigenvalue weighted by molar-refractivity contribution is -0.132. The third-order valence-electron chi connectivity index (χ3n) is 5.34. The van der Waals surface area contributed by atoms with E-state index >= 15 is 0 Å². The van der Waals surface area contributed by atoms with Gasteiger partial charge in [0.15, 0.2) is 0 Å². The fourth-order valence-corrected chi connectivity index (χ4v) is 3.65. The first kappa shape index (κ1) is 20.6. The Morgan fingerprint density at radius 3 is 2.31 bits per heavy atom. The Labute approximate surface area is 171 Å². The number of rotatable bonds is 5. The van der Waals surface area contributed by atoms with Crippen LogP contribution in [0.5, 0.6) is 0 Å². The number of amides is 4. The molecule has 4 amide bonds. The molecule has 0 bridgehead atoms. The van der Waals surface area contributed by atoms with Crippen molar-refractivity contribution in [3.8, 4) is 0 Å². The quantitative estimate of drug-likeness (QED) is 0.789. The van der Waals surface area contributed by atoms with Crippen molar-refractivity contribution in [2.45, 2.75) is 46.7 Å². The van der Waals surface area contributed by atoms with Crippen LogP contribution in [0, 0.1) is 20.8 Å². The minimum atomic E-state index is -0.644. The Hall–Kier alpha value is -3.15. The summed E-state index contributed by atoms with van der Waals surface area (Å²) in [5, 5.41) is 2.91. The minimum Gasteiger partial charge on any atom is -0.348 e. The van der Waals surface area contributed by atoms with Gasteiger partial charge in [-0.2, -0.15) is 0 Å². The SMILES string of the molecule is Cc1ccc(N2C(=O)N(CC(=O)N[C@@H](C)c3cc(C)ccc3C)C(=O)[C@@H]2C)cc1. The van der Waals surface area contributed by atoms with E-state index in [0.29, 0.717) is 5.69 Å². The summed E-state index contributed by atoms with van der Waals surface area (Å²) in [6.45, 7) is 9.23. The monoisotopic (exact) mass is 393 g/mol. The second kappa shape index (κ2) is 8.07. The first-order valence-corrected chi connectivity index (χ1v) is 9.76. The third kappa shape index (κ3) is 4.16. The maximum absolute atomic E-state index is 12.9. The predicted molar refractivity (Wildman–Crippen MR) is 113 cm³/mol. The molecule has 0 aliphatic carbocycles. The smallest absolute Gasteiger partial charge is 0.332 e. The first-order chi connectivity index (χ1) is 13.7. The molecule has 1 aliphatic rings. The summed E-state index contributed by atoms with van der Waals surface area (Å²) < 4.78 is 0. The first-order valence-electron chi connectivity index (χ1n) is 9.76. The highest BCUT2D eigenvalue weighted by molar-refractivity contribution is 6.15. The number of hydrogen-bond acceptors (Lipinski definition) is 3. The number of urea groups is 1. The van der Waals surface area contributed by atoms with E-state index in [1.54, 1.807) is 6.92 Å². The molecular formula is C23H27N3O3. The van der Waals surface area contributed by atoms with Crippen molar-refractivity contribution in [3.05, 3.63) is 64.7 Å². The number of aryl methyl sites for hydroxylation is 3. The highest BCUT2D eigenvalue weighted by atomic mass is 16.2. The lowest BCUT2D eigenvalue weighted by Crippen LogP contribution is -2.42. The molecule has 1 heterocycles. The summed E-state index contributed by atoms with van der Waals surface area (Å²) in [4.78, 5) is 40.5. The number of nitrogens with one attached hydrogen (secondary N) is 1. The zero-order valence-corrected chi connectivity index (χ0v) is 17.5. The van der Waals surface area contributed by atoms with Crippen molar-refractivity contribution in [1.29, 1.82) is 0 Å². The van der Waals surface area contributed by atoms with E-state index in [0.717, 1.165) is 27.2 Å². The molecule has 0 spiro atoms.